The summed E-state index contributed by atoms with van der Waals surface area (Å²) in [6.45, 7) is 0.218. The first kappa shape index (κ1) is 16.1. The van der Waals surface area contributed by atoms with Crippen LogP contribution in [0.2, 0.25) is 15.1 Å². The number of thioether (sulfide) groups is 1. The zero-order valence-corrected chi connectivity index (χ0v) is 15.1. The van der Waals surface area contributed by atoms with E-state index >= 15 is 0 Å². The summed E-state index contributed by atoms with van der Waals surface area (Å²) >= 11 is 20.2. The lowest BCUT2D eigenvalue weighted by molar-refractivity contribution is 0.174. The first-order valence-electron chi connectivity index (χ1n) is 6.92. The van der Waals surface area contributed by atoms with Crippen LogP contribution in [0.3, 0.4) is 0 Å². The van der Waals surface area contributed by atoms with Gasteiger partial charge in [0.05, 0.1) is 10.5 Å². The third kappa shape index (κ3) is 2.97. The van der Waals surface area contributed by atoms with Crippen molar-refractivity contribution in [2.45, 2.75) is 10.8 Å². The lowest BCUT2D eigenvalue weighted by atomic mass is 10.2. The Morgan fingerprint density at radius 3 is 2.58 bits per heavy atom. The fourth-order valence-corrected chi connectivity index (χ4v) is 4.21. The average molecular weight is 400 g/mol. The molecule has 0 atom stereocenters. The highest BCUT2D eigenvalue weighted by atomic mass is 35.5. The van der Waals surface area contributed by atoms with Gasteiger partial charge in [0.2, 0.25) is 6.79 Å². The van der Waals surface area contributed by atoms with Crippen LogP contribution in [-0.4, -0.2) is 16.8 Å². The summed E-state index contributed by atoms with van der Waals surface area (Å²) in [7, 11) is 0. The van der Waals surface area contributed by atoms with Crippen molar-refractivity contribution in [1.82, 2.24) is 9.97 Å². The minimum atomic E-state index is 0.218. The van der Waals surface area contributed by atoms with Gasteiger partial charge in [0.15, 0.2) is 11.5 Å². The van der Waals surface area contributed by atoms with Crippen LogP contribution in [0, 0.1) is 0 Å². The standard InChI is InChI=1S/C16H9Cl3N2O2S/c17-9-2-10-15(12(19)3-9)20-6-21-16(10)24-5-8-1-13-14(4-11(8)18)23-7-22-13/h1-4,6H,5,7H2. The number of halogens is 3. The van der Waals surface area contributed by atoms with Gasteiger partial charge < -0.3 is 9.47 Å². The van der Waals surface area contributed by atoms with Crippen LogP contribution in [0.1, 0.15) is 5.56 Å². The second-order valence-corrected chi connectivity index (χ2v) is 7.26. The van der Waals surface area contributed by atoms with Gasteiger partial charge in [0.1, 0.15) is 11.4 Å². The van der Waals surface area contributed by atoms with Crippen LogP contribution in [-0.2, 0) is 5.75 Å². The molecule has 0 fully saturated rings. The van der Waals surface area contributed by atoms with Crippen LogP contribution >= 0.6 is 46.6 Å². The number of hydrogen-bond donors (Lipinski definition) is 0. The molecule has 1 aliphatic rings. The van der Waals surface area contributed by atoms with E-state index in [0.717, 1.165) is 16.0 Å². The molecule has 24 heavy (non-hydrogen) atoms. The van der Waals surface area contributed by atoms with Gasteiger partial charge in [0.25, 0.3) is 0 Å². The highest BCUT2D eigenvalue weighted by molar-refractivity contribution is 7.98. The van der Waals surface area contributed by atoms with Crippen molar-refractivity contribution in [3.05, 3.63) is 51.2 Å². The molecule has 1 aromatic heterocycles. The number of benzene rings is 2. The predicted molar refractivity (Wildman–Crippen MR) is 96.7 cm³/mol. The van der Waals surface area contributed by atoms with E-state index in [4.69, 9.17) is 44.3 Å². The lowest BCUT2D eigenvalue weighted by Crippen LogP contribution is -1.93. The van der Waals surface area contributed by atoms with Gasteiger partial charge in [-0.1, -0.05) is 34.8 Å². The molecule has 0 unspecified atom stereocenters. The van der Waals surface area contributed by atoms with E-state index < -0.39 is 0 Å². The molecule has 0 radical (unpaired) electrons. The smallest absolute Gasteiger partial charge is 0.231 e. The molecular weight excluding hydrogens is 391 g/mol. The molecule has 0 amide bonds. The number of ether oxygens (including phenoxy) is 2. The summed E-state index contributed by atoms with van der Waals surface area (Å²) in [5.74, 6) is 1.99. The number of aromatic nitrogens is 2. The molecule has 0 aliphatic carbocycles. The zero-order valence-electron chi connectivity index (χ0n) is 12.1. The average Bonchev–Trinajstić information content (AvgIpc) is 2.99. The van der Waals surface area contributed by atoms with Gasteiger partial charge in [0, 0.05) is 27.3 Å². The minimum Gasteiger partial charge on any atom is -0.454 e. The van der Waals surface area contributed by atoms with Gasteiger partial charge in [-0.2, -0.15) is 0 Å². The third-order valence-electron chi connectivity index (χ3n) is 3.53. The summed E-state index contributed by atoms with van der Waals surface area (Å²) in [4.78, 5) is 8.57. The summed E-state index contributed by atoms with van der Waals surface area (Å²) < 4.78 is 10.7. The summed E-state index contributed by atoms with van der Waals surface area (Å²) in [5.41, 5.74) is 1.61. The van der Waals surface area contributed by atoms with Crippen molar-refractivity contribution in [2.24, 2.45) is 0 Å². The Bertz CT molecular complexity index is 952. The SMILES string of the molecule is Clc1cc(Cl)c2ncnc(SCc3cc4c(cc3Cl)OCO4)c2c1. The second kappa shape index (κ2) is 6.48. The van der Waals surface area contributed by atoms with Crippen LogP contribution in [0.15, 0.2) is 35.6 Å². The van der Waals surface area contributed by atoms with Crippen LogP contribution in [0.5, 0.6) is 11.5 Å². The molecule has 0 saturated heterocycles. The maximum Gasteiger partial charge on any atom is 0.231 e. The number of nitrogens with zero attached hydrogens (tertiary/aromatic N) is 2. The summed E-state index contributed by atoms with van der Waals surface area (Å²) in [5, 5.41) is 3.28. The van der Waals surface area contributed by atoms with Crippen LogP contribution in [0.4, 0.5) is 0 Å². The van der Waals surface area contributed by atoms with Crippen molar-refractivity contribution >= 4 is 57.5 Å². The fraction of sp³-hybridized carbons (Fsp3) is 0.125. The van der Waals surface area contributed by atoms with E-state index in [9.17, 15) is 0 Å². The first-order chi connectivity index (χ1) is 11.6. The number of fused-ring (bicyclic) bond motifs is 2. The predicted octanol–water partition coefficient (Wildman–Crippen LogP) is 5.61. The van der Waals surface area contributed by atoms with Crippen molar-refractivity contribution in [3.8, 4) is 11.5 Å². The summed E-state index contributed by atoms with van der Waals surface area (Å²) in [6.07, 6.45) is 1.49. The van der Waals surface area contributed by atoms with E-state index in [1.54, 1.807) is 12.1 Å². The molecule has 122 valence electrons. The topological polar surface area (TPSA) is 44.2 Å². The highest BCUT2D eigenvalue weighted by Crippen LogP contribution is 2.39. The molecule has 0 spiro atoms. The first-order valence-corrected chi connectivity index (χ1v) is 9.04. The van der Waals surface area contributed by atoms with E-state index in [1.165, 1.54) is 18.1 Å². The Balaban J connectivity index is 1.66. The van der Waals surface area contributed by atoms with Gasteiger partial charge >= 0.3 is 0 Å². The van der Waals surface area contributed by atoms with Gasteiger partial charge in [-0.25, -0.2) is 9.97 Å². The molecule has 4 nitrogen and oxygen atoms in total. The number of hydrogen-bond acceptors (Lipinski definition) is 5. The molecule has 3 aromatic rings. The Hall–Kier alpha value is -1.40. The second-order valence-electron chi connectivity index (χ2n) is 5.05. The van der Waals surface area contributed by atoms with Gasteiger partial charge in [-0.15, -0.1) is 11.8 Å². The van der Waals surface area contributed by atoms with Crippen molar-refractivity contribution in [3.63, 3.8) is 0 Å². The fourth-order valence-electron chi connectivity index (χ4n) is 2.40. The Morgan fingerprint density at radius 2 is 1.75 bits per heavy atom. The highest BCUT2D eigenvalue weighted by Gasteiger charge is 2.17. The molecule has 0 saturated carbocycles. The monoisotopic (exact) mass is 398 g/mol. The van der Waals surface area contributed by atoms with Crippen molar-refractivity contribution in [2.75, 3.05) is 6.79 Å². The van der Waals surface area contributed by atoms with E-state index in [-0.39, 0.29) is 6.79 Å². The van der Waals surface area contributed by atoms with Crippen molar-refractivity contribution in [1.29, 1.82) is 0 Å². The van der Waals surface area contributed by atoms with Crippen LogP contribution in [0.25, 0.3) is 10.9 Å². The normalized spacial score (nSPS) is 12.8. The lowest BCUT2D eigenvalue weighted by Gasteiger charge is -2.08. The van der Waals surface area contributed by atoms with E-state index in [0.29, 0.717) is 37.8 Å². The Labute approximate surface area is 157 Å². The molecule has 0 bridgehead atoms. The van der Waals surface area contributed by atoms with Gasteiger partial charge in [-0.3, -0.25) is 0 Å². The minimum absolute atomic E-state index is 0.218. The molecule has 8 heteroatoms. The third-order valence-corrected chi connectivity index (χ3v) is 5.44. The maximum atomic E-state index is 6.32. The van der Waals surface area contributed by atoms with E-state index in [2.05, 4.69) is 9.97 Å². The molecule has 4 rings (SSSR count). The molecule has 2 heterocycles. The quantitative estimate of drug-likeness (QED) is 0.423. The largest absolute Gasteiger partial charge is 0.454 e. The molecule has 1 aliphatic heterocycles. The van der Waals surface area contributed by atoms with E-state index in [1.807, 2.05) is 12.1 Å². The maximum absolute atomic E-state index is 6.32. The molecule has 2 aromatic carbocycles. The molecule has 0 N–H and O–H groups in total. The number of rotatable bonds is 3. The van der Waals surface area contributed by atoms with Crippen molar-refractivity contribution < 1.29 is 9.47 Å². The zero-order chi connectivity index (χ0) is 16.7. The van der Waals surface area contributed by atoms with Crippen LogP contribution < -0.4 is 9.47 Å². The Morgan fingerprint density at radius 1 is 0.958 bits per heavy atom. The Kier molecular flexibility index (Phi) is 4.35. The van der Waals surface area contributed by atoms with Gasteiger partial charge in [-0.05, 0) is 23.8 Å². The summed E-state index contributed by atoms with van der Waals surface area (Å²) in [6, 6.07) is 7.14. The molecular formula is C16H9Cl3N2O2S.